The van der Waals surface area contributed by atoms with Crippen LogP contribution >= 0.6 is 0 Å². The fourth-order valence-electron chi connectivity index (χ4n) is 3.58. The number of anilines is 1. The Morgan fingerprint density at radius 3 is 2.25 bits per heavy atom. The van der Waals surface area contributed by atoms with Gasteiger partial charge in [0.1, 0.15) is 5.82 Å². The maximum Gasteiger partial charge on any atom is 0.258 e. The van der Waals surface area contributed by atoms with Crippen molar-refractivity contribution < 1.29 is 9.18 Å². The van der Waals surface area contributed by atoms with Gasteiger partial charge in [0, 0.05) is 43.1 Å². The van der Waals surface area contributed by atoms with Gasteiger partial charge in [0.05, 0.1) is 6.54 Å². The zero-order valence-corrected chi connectivity index (χ0v) is 19.2. The highest BCUT2D eigenvalue weighted by atomic mass is 19.1. The van der Waals surface area contributed by atoms with Gasteiger partial charge in [-0.05, 0) is 68.9 Å². The first kappa shape index (κ1) is 23.5. The van der Waals surface area contributed by atoms with Gasteiger partial charge in [-0.2, -0.15) is 0 Å². The molecule has 1 aliphatic rings. The zero-order chi connectivity index (χ0) is 23.1. The van der Waals surface area contributed by atoms with Crippen LogP contribution in [0.3, 0.4) is 0 Å². The summed E-state index contributed by atoms with van der Waals surface area (Å²) < 4.78 is 13.5. The quantitative estimate of drug-likeness (QED) is 0.572. The highest BCUT2D eigenvalue weighted by Crippen LogP contribution is 2.21. The molecule has 1 heterocycles. The highest BCUT2D eigenvalue weighted by molar-refractivity contribution is 6.06. The zero-order valence-electron chi connectivity index (χ0n) is 19.2. The topological polar surface area (TPSA) is 26.8 Å². The van der Waals surface area contributed by atoms with E-state index in [1.165, 1.54) is 12.1 Å². The summed E-state index contributed by atoms with van der Waals surface area (Å²) >= 11 is 0. The number of rotatable bonds is 7. The van der Waals surface area contributed by atoms with Gasteiger partial charge in [-0.3, -0.25) is 4.79 Å². The van der Waals surface area contributed by atoms with Crippen molar-refractivity contribution in [3.05, 3.63) is 102 Å². The minimum Gasteiger partial charge on any atom is -0.369 e. The van der Waals surface area contributed by atoms with Crippen molar-refractivity contribution in [2.24, 2.45) is 0 Å². The van der Waals surface area contributed by atoms with Gasteiger partial charge in [0.25, 0.3) is 5.91 Å². The number of halogens is 1. The van der Waals surface area contributed by atoms with Gasteiger partial charge in [-0.25, -0.2) is 4.39 Å². The Balaban J connectivity index is 1.79. The predicted octanol–water partition coefficient (Wildman–Crippen LogP) is 5.04. The van der Waals surface area contributed by atoms with Gasteiger partial charge in [0.2, 0.25) is 0 Å². The van der Waals surface area contributed by atoms with E-state index in [4.69, 9.17) is 0 Å². The molecule has 1 amide bonds. The number of allylic oxidation sites excluding steroid dienone is 2. The second-order valence-corrected chi connectivity index (χ2v) is 8.21. The monoisotopic (exact) mass is 433 g/mol. The van der Waals surface area contributed by atoms with Crippen molar-refractivity contribution in [2.75, 3.05) is 44.7 Å². The van der Waals surface area contributed by atoms with Crippen LogP contribution < -0.4 is 4.90 Å². The number of aryl methyl sites for hydroxylation is 1. The molecule has 3 rings (SSSR count). The van der Waals surface area contributed by atoms with Crippen molar-refractivity contribution in [1.82, 2.24) is 9.80 Å². The number of carbonyl (C=O) groups is 1. The fraction of sp³-hybridized carbons (Fsp3) is 0.296. The Kier molecular flexibility index (Phi) is 8.01. The van der Waals surface area contributed by atoms with E-state index < -0.39 is 0 Å². The van der Waals surface area contributed by atoms with Crippen LogP contribution in [0.1, 0.15) is 22.8 Å². The lowest BCUT2D eigenvalue weighted by Crippen LogP contribution is -2.43. The molecule has 0 N–H and O–H groups in total. The minimum absolute atomic E-state index is 0.123. The largest absolute Gasteiger partial charge is 0.369 e. The van der Waals surface area contributed by atoms with Crippen LogP contribution in [0.2, 0.25) is 0 Å². The summed E-state index contributed by atoms with van der Waals surface area (Å²) in [5.41, 5.74) is 4.29. The summed E-state index contributed by atoms with van der Waals surface area (Å²) in [4.78, 5) is 19.6. The van der Waals surface area contributed by atoms with Gasteiger partial charge in [-0.1, -0.05) is 36.4 Å². The number of nitrogens with zero attached hydrogens (tertiary/aromatic N) is 3. The van der Waals surface area contributed by atoms with Gasteiger partial charge in [0.15, 0.2) is 0 Å². The molecule has 0 saturated carbocycles. The third-order valence-electron chi connectivity index (χ3n) is 5.79. The van der Waals surface area contributed by atoms with Crippen molar-refractivity contribution in [3.63, 3.8) is 0 Å². The van der Waals surface area contributed by atoms with E-state index in [0.717, 1.165) is 43.0 Å². The molecule has 0 aromatic heterocycles. The van der Waals surface area contributed by atoms with Gasteiger partial charge in [-0.15, -0.1) is 0 Å². The average Bonchev–Trinajstić information content (AvgIpc) is 2.80. The Bertz CT molecular complexity index is 985. The molecule has 2 aromatic rings. The number of carbonyl (C=O) groups excluding carboxylic acids is 1. The maximum atomic E-state index is 13.5. The van der Waals surface area contributed by atoms with E-state index in [-0.39, 0.29) is 11.7 Å². The summed E-state index contributed by atoms with van der Waals surface area (Å²) in [7, 11) is 2.13. The second-order valence-electron chi connectivity index (χ2n) is 8.21. The van der Waals surface area contributed by atoms with Crippen LogP contribution in [-0.2, 0) is 0 Å². The summed E-state index contributed by atoms with van der Waals surface area (Å²) in [6.45, 7) is 12.5. The number of piperazine rings is 1. The van der Waals surface area contributed by atoms with Crippen LogP contribution in [0.25, 0.3) is 0 Å². The van der Waals surface area contributed by atoms with E-state index in [1.54, 1.807) is 17.0 Å². The molecule has 0 atom stereocenters. The van der Waals surface area contributed by atoms with E-state index >= 15 is 0 Å². The maximum absolute atomic E-state index is 13.5. The third kappa shape index (κ3) is 6.17. The van der Waals surface area contributed by atoms with Gasteiger partial charge >= 0.3 is 0 Å². The molecule has 0 bridgehead atoms. The highest BCUT2D eigenvalue weighted by Gasteiger charge is 2.19. The fourth-order valence-corrected chi connectivity index (χ4v) is 3.58. The number of hydrogen-bond donors (Lipinski definition) is 0. The summed E-state index contributed by atoms with van der Waals surface area (Å²) in [6, 6.07) is 13.5. The first-order valence-electron chi connectivity index (χ1n) is 11.0. The molecule has 2 aromatic carbocycles. The lowest BCUT2D eigenvalue weighted by molar-refractivity contribution is 0.0989. The minimum atomic E-state index is -0.328. The number of amides is 1. The Morgan fingerprint density at radius 2 is 1.66 bits per heavy atom. The number of hydrogen-bond acceptors (Lipinski definition) is 3. The molecule has 168 valence electrons. The summed E-state index contributed by atoms with van der Waals surface area (Å²) in [6.07, 6.45) is 6.02. The van der Waals surface area contributed by atoms with Crippen LogP contribution in [0.15, 0.2) is 84.6 Å². The molecule has 1 saturated heterocycles. The van der Waals surface area contributed by atoms with Crippen molar-refractivity contribution in [3.8, 4) is 0 Å². The third-order valence-corrected chi connectivity index (χ3v) is 5.79. The molecule has 0 aliphatic carbocycles. The predicted molar refractivity (Wildman–Crippen MR) is 130 cm³/mol. The van der Waals surface area contributed by atoms with Crippen molar-refractivity contribution >= 4 is 11.6 Å². The molecule has 4 nitrogen and oxygen atoms in total. The molecule has 1 fully saturated rings. The van der Waals surface area contributed by atoms with E-state index in [2.05, 4.69) is 23.4 Å². The Morgan fingerprint density at radius 1 is 1.03 bits per heavy atom. The molecule has 0 unspecified atom stereocenters. The average molecular weight is 434 g/mol. The van der Waals surface area contributed by atoms with E-state index in [1.807, 2.05) is 56.3 Å². The number of benzene rings is 2. The van der Waals surface area contributed by atoms with Crippen LogP contribution in [0.4, 0.5) is 10.1 Å². The van der Waals surface area contributed by atoms with Crippen molar-refractivity contribution in [2.45, 2.75) is 13.8 Å². The first-order chi connectivity index (χ1) is 15.4. The molecule has 1 aliphatic heterocycles. The molecular formula is C27H32FN3O. The van der Waals surface area contributed by atoms with Crippen LogP contribution in [0, 0.1) is 12.7 Å². The lowest BCUT2D eigenvalue weighted by atomic mass is 10.1. The standard InChI is InChI=1S/C27H32FN3O/c1-5-23(9-8-22(3)30-18-16-29(4)17-19-30)20-31(26-14-12-25(28)13-15-26)27(32)24-10-6-21(2)7-11-24/h5-15H,3,16-20H2,1-2,4H3/b9-8-,23-5+. The summed E-state index contributed by atoms with van der Waals surface area (Å²) in [5.74, 6) is -0.451. The van der Waals surface area contributed by atoms with Crippen molar-refractivity contribution in [1.29, 1.82) is 0 Å². The smallest absolute Gasteiger partial charge is 0.258 e. The first-order valence-corrected chi connectivity index (χ1v) is 11.0. The van der Waals surface area contributed by atoms with Crippen LogP contribution in [0.5, 0.6) is 0 Å². The SMILES string of the molecule is C=C(/C=C\C(=C/C)CN(C(=O)c1ccc(C)cc1)c1ccc(F)cc1)N1CCN(C)CC1. The summed E-state index contributed by atoms with van der Waals surface area (Å²) in [5, 5.41) is 0. The molecular weight excluding hydrogens is 401 g/mol. The Hall–Kier alpha value is -3.18. The molecule has 0 spiro atoms. The second kappa shape index (κ2) is 10.9. The molecule has 32 heavy (non-hydrogen) atoms. The van der Waals surface area contributed by atoms with E-state index in [9.17, 15) is 9.18 Å². The Labute approximate surface area is 190 Å². The van der Waals surface area contributed by atoms with E-state index in [0.29, 0.717) is 17.8 Å². The normalized spacial score (nSPS) is 15.2. The molecule has 0 radical (unpaired) electrons. The lowest BCUT2D eigenvalue weighted by Gasteiger charge is -2.34. The molecule has 5 heteroatoms. The van der Waals surface area contributed by atoms with Crippen LogP contribution in [-0.4, -0.2) is 55.5 Å². The number of likely N-dealkylation sites (N-methyl/N-ethyl adjacent to an activating group) is 1. The van der Waals surface area contributed by atoms with Gasteiger partial charge < -0.3 is 14.7 Å².